The topological polar surface area (TPSA) is 15.3 Å². The number of hydrogen-bond acceptors (Lipinski definition) is 3. The minimum absolute atomic E-state index is 0. The zero-order valence-electron chi connectivity index (χ0n) is 9.74. The lowest BCUT2D eigenvalue weighted by atomic mass is 10.0. The van der Waals surface area contributed by atoms with E-state index >= 15 is 0 Å². The predicted octanol–water partition coefficient (Wildman–Crippen LogP) is 1.84. The Morgan fingerprint density at radius 2 is 2.20 bits per heavy atom. The third-order valence-corrected chi connectivity index (χ3v) is 4.61. The van der Waals surface area contributed by atoms with Gasteiger partial charge in [0, 0.05) is 37.5 Å². The van der Waals surface area contributed by atoms with Gasteiger partial charge in [-0.2, -0.15) is 11.8 Å². The van der Waals surface area contributed by atoms with Crippen LogP contribution in [0.3, 0.4) is 0 Å². The quantitative estimate of drug-likeness (QED) is 0.805. The minimum Gasteiger partial charge on any atom is -0.311 e. The lowest BCUT2D eigenvalue weighted by Gasteiger charge is -2.38. The number of hydrogen-bond donors (Lipinski definition) is 1. The summed E-state index contributed by atoms with van der Waals surface area (Å²) in [6.07, 6.45) is 1.41. The van der Waals surface area contributed by atoms with Crippen molar-refractivity contribution in [2.75, 3.05) is 31.1 Å². The van der Waals surface area contributed by atoms with Gasteiger partial charge in [0.2, 0.25) is 0 Å². The van der Waals surface area contributed by atoms with E-state index in [1.165, 1.54) is 37.6 Å². The molecular formula is C11H23ClN2S. The number of piperazine rings is 1. The van der Waals surface area contributed by atoms with E-state index in [1.807, 2.05) is 0 Å². The second-order valence-electron chi connectivity index (χ2n) is 4.82. The van der Waals surface area contributed by atoms with Crippen molar-refractivity contribution >= 4 is 24.2 Å². The Labute approximate surface area is 104 Å². The number of nitrogens with zero attached hydrogens (tertiary/aromatic N) is 1. The van der Waals surface area contributed by atoms with E-state index in [0.717, 1.165) is 12.0 Å². The molecule has 0 saturated carbocycles. The molecule has 1 unspecified atom stereocenters. The Morgan fingerprint density at radius 1 is 1.40 bits per heavy atom. The van der Waals surface area contributed by atoms with Crippen LogP contribution >= 0.6 is 24.2 Å². The summed E-state index contributed by atoms with van der Waals surface area (Å²) in [5, 5.41) is 3.62. The monoisotopic (exact) mass is 250 g/mol. The second kappa shape index (κ2) is 6.33. The molecule has 0 aliphatic carbocycles. The van der Waals surface area contributed by atoms with E-state index in [1.54, 1.807) is 0 Å². The van der Waals surface area contributed by atoms with Crippen molar-refractivity contribution in [3.05, 3.63) is 0 Å². The van der Waals surface area contributed by atoms with Crippen LogP contribution in [-0.4, -0.2) is 48.1 Å². The average molecular weight is 251 g/mol. The Morgan fingerprint density at radius 3 is 2.80 bits per heavy atom. The van der Waals surface area contributed by atoms with Gasteiger partial charge in [0.25, 0.3) is 0 Å². The maximum atomic E-state index is 3.62. The number of halogens is 1. The molecule has 2 nitrogen and oxygen atoms in total. The first kappa shape index (κ1) is 13.6. The molecule has 0 spiro atoms. The van der Waals surface area contributed by atoms with Gasteiger partial charge in [-0.15, -0.1) is 12.4 Å². The molecule has 0 aromatic carbocycles. The van der Waals surface area contributed by atoms with Crippen LogP contribution in [0, 0.1) is 5.92 Å². The molecule has 2 saturated heterocycles. The van der Waals surface area contributed by atoms with E-state index in [2.05, 4.69) is 35.8 Å². The smallest absolute Gasteiger partial charge is 0.0218 e. The second-order valence-corrected chi connectivity index (χ2v) is 5.97. The molecule has 0 aromatic rings. The van der Waals surface area contributed by atoms with Crippen molar-refractivity contribution in [1.29, 1.82) is 0 Å². The zero-order valence-corrected chi connectivity index (χ0v) is 11.4. The highest BCUT2D eigenvalue weighted by Crippen LogP contribution is 2.23. The molecule has 2 atom stereocenters. The standard InChI is InChI=1S/C11H22N2S.ClH/c1-9(2)11-7-13(5-4-12-11)10-3-6-14-8-10;/h9-12H,3-8H2,1-2H3;1H/t10?,11-;/m1./s1. The Kier molecular flexibility index (Phi) is 5.75. The van der Waals surface area contributed by atoms with Crippen LogP contribution in [0.4, 0.5) is 0 Å². The van der Waals surface area contributed by atoms with E-state index in [4.69, 9.17) is 0 Å². The van der Waals surface area contributed by atoms with Gasteiger partial charge in [-0.25, -0.2) is 0 Å². The van der Waals surface area contributed by atoms with Crippen molar-refractivity contribution in [2.45, 2.75) is 32.4 Å². The molecule has 0 radical (unpaired) electrons. The molecule has 15 heavy (non-hydrogen) atoms. The van der Waals surface area contributed by atoms with Crippen molar-refractivity contribution < 1.29 is 0 Å². The molecular weight excluding hydrogens is 228 g/mol. The summed E-state index contributed by atoms with van der Waals surface area (Å²) >= 11 is 2.12. The highest BCUT2D eigenvalue weighted by Gasteiger charge is 2.28. The molecule has 2 heterocycles. The molecule has 0 aromatic heterocycles. The molecule has 4 heteroatoms. The molecule has 0 amide bonds. The number of rotatable bonds is 2. The maximum Gasteiger partial charge on any atom is 0.0218 e. The Hall–Kier alpha value is 0.560. The number of thioether (sulfide) groups is 1. The van der Waals surface area contributed by atoms with Crippen molar-refractivity contribution in [3.63, 3.8) is 0 Å². The fraction of sp³-hybridized carbons (Fsp3) is 1.00. The summed E-state index contributed by atoms with van der Waals surface area (Å²) < 4.78 is 0. The minimum atomic E-state index is 0. The predicted molar refractivity (Wildman–Crippen MR) is 71.2 cm³/mol. The first-order valence-corrected chi connectivity index (χ1v) is 6.98. The van der Waals surface area contributed by atoms with Gasteiger partial charge in [-0.05, 0) is 18.1 Å². The van der Waals surface area contributed by atoms with Crippen LogP contribution in [0.2, 0.25) is 0 Å². The van der Waals surface area contributed by atoms with Crippen LogP contribution in [0.25, 0.3) is 0 Å². The third kappa shape index (κ3) is 3.52. The highest BCUT2D eigenvalue weighted by molar-refractivity contribution is 7.99. The third-order valence-electron chi connectivity index (χ3n) is 3.46. The van der Waals surface area contributed by atoms with Crippen LogP contribution in [0.15, 0.2) is 0 Å². The van der Waals surface area contributed by atoms with Crippen molar-refractivity contribution in [1.82, 2.24) is 10.2 Å². The van der Waals surface area contributed by atoms with E-state index in [0.29, 0.717) is 6.04 Å². The van der Waals surface area contributed by atoms with Gasteiger partial charge < -0.3 is 5.32 Å². The van der Waals surface area contributed by atoms with Gasteiger partial charge in [0.1, 0.15) is 0 Å². The van der Waals surface area contributed by atoms with Crippen LogP contribution in [0.1, 0.15) is 20.3 Å². The van der Waals surface area contributed by atoms with E-state index < -0.39 is 0 Å². The largest absolute Gasteiger partial charge is 0.311 e. The van der Waals surface area contributed by atoms with Gasteiger partial charge in [-0.1, -0.05) is 13.8 Å². The normalized spacial score (nSPS) is 33.0. The molecule has 2 aliphatic heterocycles. The Bertz CT molecular complexity index is 183. The zero-order chi connectivity index (χ0) is 9.97. The molecule has 2 rings (SSSR count). The van der Waals surface area contributed by atoms with Gasteiger partial charge in [-0.3, -0.25) is 4.90 Å². The SMILES string of the molecule is CC(C)[C@H]1CN(C2CCSC2)CCN1.Cl. The van der Waals surface area contributed by atoms with Crippen LogP contribution in [0.5, 0.6) is 0 Å². The summed E-state index contributed by atoms with van der Waals surface area (Å²) in [5.74, 6) is 3.51. The van der Waals surface area contributed by atoms with Gasteiger partial charge in [0.05, 0.1) is 0 Å². The van der Waals surface area contributed by atoms with Crippen LogP contribution < -0.4 is 5.32 Å². The van der Waals surface area contributed by atoms with Gasteiger partial charge in [0.15, 0.2) is 0 Å². The Balaban J connectivity index is 0.00000112. The molecule has 2 aliphatic rings. The molecule has 90 valence electrons. The number of nitrogens with one attached hydrogen (secondary N) is 1. The van der Waals surface area contributed by atoms with Gasteiger partial charge >= 0.3 is 0 Å². The van der Waals surface area contributed by atoms with Crippen molar-refractivity contribution in [2.24, 2.45) is 5.92 Å². The summed E-state index contributed by atoms with van der Waals surface area (Å²) in [6.45, 7) is 8.36. The van der Waals surface area contributed by atoms with E-state index in [9.17, 15) is 0 Å². The molecule has 0 bridgehead atoms. The summed E-state index contributed by atoms with van der Waals surface area (Å²) in [5.41, 5.74) is 0. The van der Waals surface area contributed by atoms with Crippen LogP contribution in [-0.2, 0) is 0 Å². The highest BCUT2D eigenvalue weighted by atomic mass is 35.5. The lowest BCUT2D eigenvalue weighted by molar-refractivity contribution is 0.137. The first-order chi connectivity index (χ1) is 6.77. The average Bonchev–Trinajstić information content (AvgIpc) is 2.71. The molecule has 1 N–H and O–H groups in total. The first-order valence-electron chi connectivity index (χ1n) is 5.82. The lowest BCUT2D eigenvalue weighted by Crippen LogP contribution is -2.55. The summed E-state index contributed by atoms with van der Waals surface area (Å²) in [4.78, 5) is 2.71. The fourth-order valence-corrected chi connectivity index (χ4v) is 3.65. The summed E-state index contributed by atoms with van der Waals surface area (Å²) in [6, 6.07) is 1.60. The van der Waals surface area contributed by atoms with Crippen molar-refractivity contribution in [3.8, 4) is 0 Å². The molecule has 2 fully saturated rings. The maximum absolute atomic E-state index is 3.62. The summed E-state index contributed by atoms with van der Waals surface area (Å²) in [7, 11) is 0. The van der Waals surface area contributed by atoms with E-state index in [-0.39, 0.29) is 12.4 Å². The fourth-order valence-electron chi connectivity index (χ4n) is 2.39.